The molecule has 0 bridgehead atoms. The van der Waals surface area contributed by atoms with Gasteiger partial charge < -0.3 is 24.0 Å². The van der Waals surface area contributed by atoms with Crippen LogP contribution in [0.4, 0.5) is 0 Å². The van der Waals surface area contributed by atoms with Crippen molar-refractivity contribution in [1.82, 2.24) is 9.80 Å². The van der Waals surface area contributed by atoms with E-state index in [-0.39, 0.29) is 36.4 Å². The molecule has 2 heterocycles. The molecule has 1 aromatic rings. The average Bonchev–Trinajstić information content (AvgIpc) is 3.31. The van der Waals surface area contributed by atoms with Gasteiger partial charge in [0.2, 0.25) is 5.91 Å². The van der Waals surface area contributed by atoms with Crippen molar-refractivity contribution < 1.29 is 28.6 Å². The number of hydrogen-bond acceptors (Lipinski definition) is 6. The molecule has 2 aliphatic heterocycles. The summed E-state index contributed by atoms with van der Waals surface area (Å²) in [5.74, 6) is 0.0137. The number of carbonyl (C=O) groups excluding carboxylic acids is 3. The van der Waals surface area contributed by atoms with Crippen LogP contribution in [0.1, 0.15) is 43.0 Å². The van der Waals surface area contributed by atoms with Crippen LogP contribution in [0.2, 0.25) is 0 Å². The Hall–Kier alpha value is -2.61. The minimum atomic E-state index is -0.222. The van der Waals surface area contributed by atoms with Crippen LogP contribution >= 0.6 is 0 Å². The van der Waals surface area contributed by atoms with Gasteiger partial charge in [-0.25, -0.2) is 0 Å². The Morgan fingerprint density at radius 1 is 1.13 bits per heavy atom. The third-order valence-electron chi connectivity index (χ3n) is 5.75. The minimum Gasteiger partial charge on any atom is -0.491 e. The van der Waals surface area contributed by atoms with E-state index in [4.69, 9.17) is 14.2 Å². The van der Waals surface area contributed by atoms with E-state index in [0.29, 0.717) is 50.5 Å². The van der Waals surface area contributed by atoms with Gasteiger partial charge in [-0.1, -0.05) is 0 Å². The zero-order valence-corrected chi connectivity index (χ0v) is 18.4. The minimum absolute atomic E-state index is 0.000175. The summed E-state index contributed by atoms with van der Waals surface area (Å²) in [5, 5.41) is 0. The molecule has 2 aliphatic rings. The summed E-state index contributed by atoms with van der Waals surface area (Å²) in [7, 11) is 1.62. The Morgan fingerprint density at radius 2 is 1.84 bits per heavy atom. The fraction of sp³-hybridized carbons (Fsp3) is 0.609. The van der Waals surface area contributed by atoms with Crippen LogP contribution in [0, 0.1) is 5.92 Å². The van der Waals surface area contributed by atoms with Crippen molar-refractivity contribution in [2.24, 2.45) is 5.92 Å². The summed E-state index contributed by atoms with van der Waals surface area (Å²) < 4.78 is 16.3. The van der Waals surface area contributed by atoms with Gasteiger partial charge in [-0.3, -0.25) is 14.4 Å². The number of rotatable bonds is 8. The lowest BCUT2D eigenvalue weighted by molar-refractivity contribution is -0.151. The maximum Gasteiger partial charge on any atom is 0.309 e. The number of esters is 1. The summed E-state index contributed by atoms with van der Waals surface area (Å²) in [4.78, 5) is 40.2. The summed E-state index contributed by atoms with van der Waals surface area (Å²) in [6.07, 6.45) is 3.40. The number of benzene rings is 1. The highest BCUT2D eigenvalue weighted by Gasteiger charge is 2.29. The Morgan fingerprint density at radius 3 is 2.45 bits per heavy atom. The zero-order chi connectivity index (χ0) is 22.2. The van der Waals surface area contributed by atoms with Crippen LogP contribution in [-0.2, 0) is 19.1 Å². The van der Waals surface area contributed by atoms with Crippen molar-refractivity contribution in [3.05, 3.63) is 29.8 Å². The first-order valence-electron chi connectivity index (χ1n) is 11.0. The molecule has 1 aromatic carbocycles. The summed E-state index contributed by atoms with van der Waals surface area (Å²) in [6, 6.07) is 6.94. The van der Waals surface area contributed by atoms with E-state index in [1.165, 1.54) is 4.90 Å². The van der Waals surface area contributed by atoms with Crippen LogP contribution in [0.15, 0.2) is 24.3 Å². The Balaban J connectivity index is 1.44. The van der Waals surface area contributed by atoms with Crippen LogP contribution in [0.5, 0.6) is 5.75 Å². The standard InChI is InChI=1S/C23H32N2O6/c1-3-29-23(28)18-10-12-25(13-11-18)21(26)15-24(2)22(27)17-6-8-19(9-7-17)31-16-20-5-4-14-30-20/h6-9,18,20H,3-5,10-16H2,1-2H3. The molecule has 8 nitrogen and oxygen atoms in total. The second-order valence-electron chi connectivity index (χ2n) is 8.04. The van der Waals surface area contributed by atoms with Gasteiger partial charge in [-0.05, 0) is 56.9 Å². The largest absolute Gasteiger partial charge is 0.491 e. The molecule has 31 heavy (non-hydrogen) atoms. The van der Waals surface area contributed by atoms with Crippen LogP contribution in [0.25, 0.3) is 0 Å². The van der Waals surface area contributed by atoms with Gasteiger partial charge in [-0.2, -0.15) is 0 Å². The van der Waals surface area contributed by atoms with Crippen molar-refractivity contribution in [2.75, 3.05) is 46.5 Å². The second kappa shape index (κ2) is 11.1. The lowest BCUT2D eigenvalue weighted by atomic mass is 9.97. The molecule has 2 saturated heterocycles. The lowest BCUT2D eigenvalue weighted by Crippen LogP contribution is -2.45. The lowest BCUT2D eigenvalue weighted by Gasteiger charge is -2.32. The molecule has 0 aromatic heterocycles. The second-order valence-corrected chi connectivity index (χ2v) is 8.04. The van der Waals surface area contributed by atoms with E-state index < -0.39 is 0 Å². The highest BCUT2D eigenvalue weighted by Crippen LogP contribution is 2.20. The molecule has 0 saturated carbocycles. The maximum absolute atomic E-state index is 12.7. The molecular formula is C23H32N2O6. The van der Waals surface area contributed by atoms with Crippen molar-refractivity contribution in [3.8, 4) is 5.75 Å². The molecule has 0 aliphatic carbocycles. The van der Waals surface area contributed by atoms with E-state index in [2.05, 4.69) is 0 Å². The zero-order valence-electron chi connectivity index (χ0n) is 18.4. The normalized spacial score (nSPS) is 19.2. The highest BCUT2D eigenvalue weighted by molar-refractivity contribution is 5.96. The van der Waals surface area contributed by atoms with Gasteiger partial charge in [0.25, 0.3) is 5.91 Å². The fourth-order valence-corrected chi connectivity index (χ4v) is 3.88. The van der Waals surface area contributed by atoms with Gasteiger partial charge in [0.1, 0.15) is 12.4 Å². The van der Waals surface area contributed by atoms with Crippen molar-refractivity contribution >= 4 is 17.8 Å². The molecule has 2 amide bonds. The monoisotopic (exact) mass is 432 g/mol. The first-order valence-corrected chi connectivity index (χ1v) is 11.0. The number of likely N-dealkylation sites (tertiary alicyclic amines) is 1. The van der Waals surface area contributed by atoms with E-state index in [9.17, 15) is 14.4 Å². The summed E-state index contributed by atoms with van der Waals surface area (Å²) in [5.41, 5.74) is 0.501. The number of hydrogen-bond donors (Lipinski definition) is 0. The summed E-state index contributed by atoms with van der Waals surface area (Å²) >= 11 is 0. The van der Waals surface area contributed by atoms with E-state index in [1.54, 1.807) is 43.1 Å². The third-order valence-corrected chi connectivity index (χ3v) is 5.75. The highest BCUT2D eigenvalue weighted by atomic mass is 16.5. The van der Waals surface area contributed by atoms with Gasteiger partial charge in [-0.15, -0.1) is 0 Å². The number of piperidine rings is 1. The van der Waals surface area contributed by atoms with E-state index in [0.717, 1.165) is 19.4 Å². The van der Waals surface area contributed by atoms with Gasteiger partial charge in [0.15, 0.2) is 0 Å². The molecule has 1 unspecified atom stereocenters. The van der Waals surface area contributed by atoms with E-state index in [1.807, 2.05) is 0 Å². The predicted molar refractivity (Wildman–Crippen MR) is 114 cm³/mol. The van der Waals surface area contributed by atoms with Crippen molar-refractivity contribution in [1.29, 1.82) is 0 Å². The number of carbonyl (C=O) groups is 3. The summed E-state index contributed by atoms with van der Waals surface area (Å²) in [6.45, 7) is 4.45. The van der Waals surface area contributed by atoms with Gasteiger partial charge in [0.05, 0.1) is 25.2 Å². The van der Waals surface area contributed by atoms with Crippen LogP contribution in [-0.4, -0.2) is 80.2 Å². The molecular weight excluding hydrogens is 400 g/mol. The van der Waals surface area contributed by atoms with E-state index >= 15 is 0 Å². The van der Waals surface area contributed by atoms with Crippen LogP contribution < -0.4 is 4.74 Å². The fourth-order valence-electron chi connectivity index (χ4n) is 3.88. The molecule has 8 heteroatoms. The maximum atomic E-state index is 12.7. The van der Waals surface area contributed by atoms with Crippen LogP contribution in [0.3, 0.4) is 0 Å². The molecule has 1 atom stereocenters. The smallest absolute Gasteiger partial charge is 0.309 e. The average molecular weight is 433 g/mol. The van der Waals surface area contributed by atoms with Crippen molar-refractivity contribution in [3.63, 3.8) is 0 Å². The molecule has 170 valence electrons. The topological polar surface area (TPSA) is 85.4 Å². The molecule has 0 radical (unpaired) electrons. The quantitative estimate of drug-likeness (QED) is 0.585. The predicted octanol–water partition coefficient (Wildman–Crippen LogP) is 2.12. The third kappa shape index (κ3) is 6.43. The Kier molecular flexibility index (Phi) is 8.28. The molecule has 0 spiro atoms. The first-order chi connectivity index (χ1) is 15.0. The Bertz CT molecular complexity index is 752. The molecule has 2 fully saturated rings. The SMILES string of the molecule is CCOC(=O)C1CCN(C(=O)CN(C)C(=O)c2ccc(OCC3CCCO3)cc2)CC1. The first kappa shape index (κ1) is 23.1. The molecule has 0 N–H and O–H groups in total. The molecule has 3 rings (SSSR count). The number of nitrogens with zero attached hydrogens (tertiary/aromatic N) is 2. The van der Waals surface area contributed by atoms with Gasteiger partial charge in [0, 0.05) is 32.3 Å². The number of amides is 2. The van der Waals surface area contributed by atoms with Gasteiger partial charge >= 0.3 is 5.97 Å². The van der Waals surface area contributed by atoms with Crippen molar-refractivity contribution in [2.45, 2.75) is 38.7 Å². The number of likely N-dealkylation sites (N-methyl/N-ethyl adjacent to an activating group) is 1. The Labute approximate surface area is 183 Å². The number of ether oxygens (including phenoxy) is 3.